The standard InChI is InChI=1S/C20H20FN3O/c1-2-3-9-19(25)20(24-15-22-14-23-24,16-7-5-4-6-8-16)17-10-12-18(21)13-11-17/h4-8,10-15H,2-3,9H2,1H3. The smallest absolute Gasteiger partial charge is 0.172 e. The van der Waals surface area contributed by atoms with Crippen LogP contribution in [0.5, 0.6) is 0 Å². The highest BCUT2D eigenvalue weighted by Gasteiger charge is 2.44. The third kappa shape index (κ3) is 3.09. The van der Waals surface area contributed by atoms with Gasteiger partial charge in [0.25, 0.3) is 0 Å². The highest BCUT2D eigenvalue weighted by Crippen LogP contribution is 2.36. The van der Waals surface area contributed by atoms with E-state index >= 15 is 0 Å². The van der Waals surface area contributed by atoms with Gasteiger partial charge in [0, 0.05) is 6.42 Å². The number of carbonyl (C=O) groups is 1. The SMILES string of the molecule is CCCCC(=O)C(c1ccccc1)(c1ccc(F)cc1)n1cncn1. The third-order valence-corrected chi connectivity index (χ3v) is 4.38. The Bertz CT molecular complexity index is 816. The van der Waals surface area contributed by atoms with Crippen LogP contribution in [0.1, 0.15) is 37.3 Å². The van der Waals surface area contributed by atoms with E-state index in [1.165, 1.54) is 18.5 Å². The molecule has 0 amide bonds. The highest BCUT2D eigenvalue weighted by molar-refractivity contribution is 5.93. The van der Waals surface area contributed by atoms with Crippen molar-refractivity contribution < 1.29 is 9.18 Å². The normalized spacial score (nSPS) is 13.4. The predicted molar refractivity (Wildman–Crippen MR) is 93.6 cm³/mol. The first-order valence-corrected chi connectivity index (χ1v) is 8.39. The molecule has 3 rings (SSSR count). The van der Waals surface area contributed by atoms with Gasteiger partial charge < -0.3 is 0 Å². The molecule has 0 bridgehead atoms. The number of hydrogen-bond donors (Lipinski definition) is 0. The van der Waals surface area contributed by atoms with Gasteiger partial charge in [0.05, 0.1) is 0 Å². The lowest BCUT2D eigenvalue weighted by Gasteiger charge is -2.33. The summed E-state index contributed by atoms with van der Waals surface area (Å²) in [4.78, 5) is 17.5. The monoisotopic (exact) mass is 337 g/mol. The molecule has 0 N–H and O–H groups in total. The van der Waals surface area contributed by atoms with Crippen LogP contribution in [0.3, 0.4) is 0 Å². The molecule has 0 radical (unpaired) electrons. The van der Waals surface area contributed by atoms with Crippen molar-refractivity contribution in [3.63, 3.8) is 0 Å². The van der Waals surface area contributed by atoms with Gasteiger partial charge in [-0.25, -0.2) is 14.1 Å². The average Bonchev–Trinajstić information content (AvgIpc) is 3.18. The Morgan fingerprint density at radius 2 is 1.76 bits per heavy atom. The summed E-state index contributed by atoms with van der Waals surface area (Å²) in [6.45, 7) is 2.05. The first-order valence-electron chi connectivity index (χ1n) is 8.39. The second-order valence-electron chi connectivity index (χ2n) is 5.95. The molecule has 1 unspecified atom stereocenters. The summed E-state index contributed by atoms with van der Waals surface area (Å²) in [6, 6.07) is 15.5. The fourth-order valence-electron chi connectivity index (χ4n) is 3.15. The van der Waals surface area contributed by atoms with Crippen molar-refractivity contribution in [2.24, 2.45) is 0 Å². The largest absolute Gasteiger partial charge is 0.296 e. The number of carbonyl (C=O) groups excluding carboxylic acids is 1. The molecule has 25 heavy (non-hydrogen) atoms. The van der Waals surface area contributed by atoms with Crippen LogP contribution in [0, 0.1) is 5.82 Å². The zero-order valence-corrected chi connectivity index (χ0v) is 14.1. The van der Waals surface area contributed by atoms with Gasteiger partial charge in [-0.2, -0.15) is 5.10 Å². The van der Waals surface area contributed by atoms with Gasteiger partial charge in [0.2, 0.25) is 0 Å². The van der Waals surface area contributed by atoms with Crippen molar-refractivity contribution in [1.82, 2.24) is 14.8 Å². The molecule has 1 atom stereocenters. The fourth-order valence-corrected chi connectivity index (χ4v) is 3.15. The van der Waals surface area contributed by atoms with Crippen LogP contribution in [0.4, 0.5) is 4.39 Å². The van der Waals surface area contributed by atoms with Crippen LogP contribution in [0.15, 0.2) is 67.3 Å². The summed E-state index contributed by atoms with van der Waals surface area (Å²) in [5, 5.41) is 4.28. The number of halogens is 1. The molecule has 1 heterocycles. The summed E-state index contributed by atoms with van der Waals surface area (Å²) >= 11 is 0. The maximum atomic E-state index is 13.5. The number of rotatable bonds is 7. The molecule has 0 spiro atoms. The van der Waals surface area contributed by atoms with Gasteiger partial charge in [0.1, 0.15) is 18.5 Å². The van der Waals surface area contributed by atoms with Crippen LogP contribution in [0.25, 0.3) is 0 Å². The topological polar surface area (TPSA) is 47.8 Å². The van der Waals surface area contributed by atoms with E-state index in [9.17, 15) is 9.18 Å². The molecule has 2 aromatic carbocycles. The molecule has 3 aromatic rings. The van der Waals surface area contributed by atoms with Crippen molar-refractivity contribution in [2.75, 3.05) is 0 Å². The second-order valence-corrected chi connectivity index (χ2v) is 5.95. The number of benzene rings is 2. The molecule has 0 saturated carbocycles. The second kappa shape index (κ2) is 7.38. The van der Waals surface area contributed by atoms with E-state index in [0.717, 1.165) is 18.4 Å². The number of unbranched alkanes of at least 4 members (excludes halogenated alkanes) is 1. The number of ketones is 1. The number of aromatic nitrogens is 3. The van der Waals surface area contributed by atoms with E-state index in [1.54, 1.807) is 23.1 Å². The minimum Gasteiger partial charge on any atom is -0.296 e. The summed E-state index contributed by atoms with van der Waals surface area (Å²) in [5.74, 6) is -0.331. The fraction of sp³-hybridized carbons (Fsp3) is 0.250. The summed E-state index contributed by atoms with van der Waals surface area (Å²) in [6.07, 6.45) is 5.05. The van der Waals surface area contributed by atoms with Crippen LogP contribution in [-0.2, 0) is 10.3 Å². The van der Waals surface area contributed by atoms with Gasteiger partial charge in [-0.1, -0.05) is 55.8 Å². The quantitative estimate of drug-likeness (QED) is 0.655. The lowest BCUT2D eigenvalue weighted by atomic mass is 9.77. The number of nitrogens with zero attached hydrogens (tertiary/aromatic N) is 3. The maximum Gasteiger partial charge on any atom is 0.172 e. The lowest BCUT2D eigenvalue weighted by Crippen LogP contribution is -2.44. The summed E-state index contributed by atoms with van der Waals surface area (Å²) < 4.78 is 15.1. The van der Waals surface area contributed by atoms with E-state index in [1.807, 2.05) is 37.3 Å². The average molecular weight is 337 g/mol. The number of hydrogen-bond acceptors (Lipinski definition) is 3. The van der Waals surface area contributed by atoms with Crippen molar-refractivity contribution >= 4 is 5.78 Å². The summed E-state index contributed by atoms with van der Waals surface area (Å²) in [5.41, 5.74) is 0.306. The van der Waals surface area contributed by atoms with Crippen molar-refractivity contribution in [1.29, 1.82) is 0 Å². The first kappa shape index (κ1) is 17.0. The van der Waals surface area contributed by atoms with E-state index in [4.69, 9.17) is 0 Å². The van der Waals surface area contributed by atoms with Crippen molar-refractivity contribution in [3.8, 4) is 0 Å². The van der Waals surface area contributed by atoms with Gasteiger partial charge in [0.15, 0.2) is 11.3 Å². The minimum absolute atomic E-state index is 0.0117. The molecule has 4 nitrogen and oxygen atoms in total. The first-order chi connectivity index (χ1) is 12.2. The Balaban J connectivity index is 2.27. The van der Waals surface area contributed by atoms with Gasteiger partial charge >= 0.3 is 0 Å². The molecular weight excluding hydrogens is 317 g/mol. The van der Waals surface area contributed by atoms with Crippen LogP contribution < -0.4 is 0 Å². The van der Waals surface area contributed by atoms with E-state index < -0.39 is 5.54 Å². The summed E-state index contributed by atoms with van der Waals surface area (Å²) in [7, 11) is 0. The molecule has 0 saturated heterocycles. The van der Waals surface area contributed by atoms with Gasteiger partial charge in [-0.3, -0.25) is 4.79 Å². The van der Waals surface area contributed by atoms with E-state index in [0.29, 0.717) is 12.0 Å². The molecule has 0 aliphatic rings. The molecule has 0 fully saturated rings. The van der Waals surface area contributed by atoms with Gasteiger partial charge in [-0.15, -0.1) is 0 Å². The zero-order valence-electron chi connectivity index (χ0n) is 14.1. The molecule has 5 heteroatoms. The molecule has 128 valence electrons. The third-order valence-electron chi connectivity index (χ3n) is 4.38. The molecule has 1 aromatic heterocycles. The lowest BCUT2D eigenvalue weighted by molar-refractivity contribution is -0.124. The molecular formula is C20H20FN3O. The predicted octanol–water partition coefficient (Wildman–Crippen LogP) is 3.97. The maximum absolute atomic E-state index is 13.5. The van der Waals surface area contributed by atoms with Crippen LogP contribution in [-0.4, -0.2) is 20.5 Å². The Morgan fingerprint density at radius 3 is 2.36 bits per heavy atom. The Kier molecular flexibility index (Phi) is 5.03. The zero-order chi connectivity index (χ0) is 17.7. The Morgan fingerprint density at radius 1 is 1.08 bits per heavy atom. The highest BCUT2D eigenvalue weighted by atomic mass is 19.1. The van der Waals surface area contributed by atoms with Gasteiger partial charge in [-0.05, 0) is 29.7 Å². The van der Waals surface area contributed by atoms with Crippen molar-refractivity contribution in [3.05, 3.63) is 84.2 Å². The van der Waals surface area contributed by atoms with Crippen molar-refractivity contribution in [2.45, 2.75) is 31.7 Å². The molecule has 0 aliphatic heterocycles. The van der Waals surface area contributed by atoms with Crippen LogP contribution >= 0.6 is 0 Å². The van der Waals surface area contributed by atoms with E-state index in [2.05, 4.69) is 10.1 Å². The Labute approximate surface area is 146 Å². The Hall–Kier alpha value is -2.82. The van der Waals surface area contributed by atoms with E-state index in [-0.39, 0.29) is 11.6 Å². The van der Waals surface area contributed by atoms with Crippen LogP contribution in [0.2, 0.25) is 0 Å². The number of Topliss-reactive ketones (excluding diaryl/α,β-unsaturated/α-hetero) is 1. The minimum atomic E-state index is -1.15. The molecule has 0 aliphatic carbocycles.